The minimum atomic E-state index is -2.53. The monoisotopic (exact) mass is 257 g/mol. The number of nitrogens with two attached hydrogens (primary N) is 1. The van der Waals surface area contributed by atoms with Gasteiger partial charge in [0, 0.05) is 18.9 Å². The van der Waals surface area contributed by atoms with Gasteiger partial charge in [0.15, 0.2) is 0 Å². The normalized spacial score (nSPS) is 21.8. The summed E-state index contributed by atoms with van der Waals surface area (Å²) in [5, 5.41) is 0. The van der Waals surface area contributed by atoms with Crippen LogP contribution in [-0.4, -0.2) is 5.92 Å². The number of benzene rings is 1. The first kappa shape index (κ1) is 13.4. The van der Waals surface area contributed by atoms with E-state index in [1.54, 1.807) is 13.0 Å². The van der Waals surface area contributed by atoms with Crippen LogP contribution in [0.25, 0.3) is 0 Å². The largest absolute Gasteiger partial charge is 0.324 e. The SMILES string of the molecule is Cc1cc(F)ccc1C(N)C1CCC(F)(F)CC1. The molecule has 1 fully saturated rings. The van der Waals surface area contributed by atoms with E-state index in [2.05, 4.69) is 0 Å². The molecule has 1 aromatic rings. The molecule has 2 rings (SSSR count). The average molecular weight is 257 g/mol. The van der Waals surface area contributed by atoms with Crippen LogP contribution in [0.15, 0.2) is 18.2 Å². The topological polar surface area (TPSA) is 26.0 Å². The fraction of sp³-hybridized carbons (Fsp3) is 0.571. The minimum Gasteiger partial charge on any atom is -0.324 e. The lowest BCUT2D eigenvalue weighted by Crippen LogP contribution is -2.31. The van der Waals surface area contributed by atoms with E-state index in [0.717, 1.165) is 11.1 Å². The highest BCUT2D eigenvalue weighted by Gasteiger charge is 2.37. The molecule has 0 spiro atoms. The highest BCUT2D eigenvalue weighted by molar-refractivity contribution is 5.29. The summed E-state index contributed by atoms with van der Waals surface area (Å²) in [4.78, 5) is 0. The van der Waals surface area contributed by atoms with Crippen molar-refractivity contribution in [3.05, 3.63) is 35.1 Å². The lowest BCUT2D eigenvalue weighted by Gasteiger charge is -2.32. The Balaban J connectivity index is 2.10. The van der Waals surface area contributed by atoms with Crippen LogP contribution in [-0.2, 0) is 0 Å². The second-order valence-electron chi connectivity index (χ2n) is 5.22. The Morgan fingerprint density at radius 3 is 2.44 bits per heavy atom. The molecule has 1 aliphatic rings. The van der Waals surface area contributed by atoms with Gasteiger partial charge in [-0.3, -0.25) is 0 Å². The Bertz CT molecular complexity index is 421. The maximum Gasteiger partial charge on any atom is 0.248 e. The van der Waals surface area contributed by atoms with Crippen LogP contribution in [0.2, 0.25) is 0 Å². The maximum absolute atomic E-state index is 13.1. The Kier molecular flexibility index (Phi) is 3.66. The molecule has 2 N–H and O–H groups in total. The first-order valence-electron chi connectivity index (χ1n) is 6.28. The second-order valence-corrected chi connectivity index (χ2v) is 5.22. The van der Waals surface area contributed by atoms with Gasteiger partial charge >= 0.3 is 0 Å². The lowest BCUT2D eigenvalue weighted by atomic mass is 9.79. The minimum absolute atomic E-state index is 0.0637. The van der Waals surface area contributed by atoms with Gasteiger partial charge in [0.2, 0.25) is 5.92 Å². The predicted molar refractivity (Wildman–Crippen MR) is 65.0 cm³/mol. The van der Waals surface area contributed by atoms with Crippen LogP contribution in [0.3, 0.4) is 0 Å². The molecular formula is C14H18F3N. The fourth-order valence-corrected chi connectivity index (χ4v) is 2.69. The number of hydrogen-bond donors (Lipinski definition) is 1. The van der Waals surface area contributed by atoms with E-state index in [0.29, 0.717) is 12.8 Å². The van der Waals surface area contributed by atoms with Crippen molar-refractivity contribution in [2.75, 3.05) is 0 Å². The summed E-state index contributed by atoms with van der Waals surface area (Å²) in [6, 6.07) is 4.20. The second kappa shape index (κ2) is 4.92. The molecule has 0 saturated heterocycles. The summed E-state index contributed by atoms with van der Waals surface area (Å²) >= 11 is 0. The molecule has 0 aromatic heterocycles. The van der Waals surface area contributed by atoms with Crippen molar-refractivity contribution in [1.29, 1.82) is 0 Å². The van der Waals surface area contributed by atoms with Gasteiger partial charge in [-0.15, -0.1) is 0 Å². The first-order valence-corrected chi connectivity index (χ1v) is 6.28. The van der Waals surface area contributed by atoms with E-state index in [4.69, 9.17) is 5.73 Å². The number of rotatable bonds is 2. The maximum atomic E-state index is 13.1. The third-order valence-electron chi connectivity index (χ3n) is 3.86. The van der Waals surface area contributed by atoms with E-state index >= 15 is 0 Å². The zero-order valence-corrected chi connectivity index (χ0v) is 10.4. The van der Waals surface area contributed by atoms with Gasteiger partial charge in [-0.25, -0.2) is 13.2 Å². The zero-order valence-electron chi connectivity index (χ0n) is 10.4. The van der Waals surface area contributed by atoms with Crippen molar-refractivity contribution >= 4 is 0 Å². The Hall–Kier alpha value is -1.03. The Labute approximate surface area is 105 Å². The summed E-state index contributed by atoms with van der Waals surface area (Å²) in [7, 11) is 0. The summed E-state index contributed by atoms with van der Waals surface area (Å²) in [6.45, 7) is 1.80. The molecule has 0 aliphatic heterocycles. The van der Waals surface area contributed by atoms with Gasteiger partial charge in [-0.1, -0.05) is 6.07 Å². The van der Waals surface area contributed by atoms with Gasteiger partial charge in [0.1, 0.15) is 5.82 Å². The van der Waals surface area contributed by atoms with Crippen LogP contribution in [0.1, 0.15) is 42.9 Å². The summed E-state index contributed by atoms with van der Waals surface area (Å²) in [5.41, 5.74) is 7.80. The van der Waals surface area contributed by atoms with Gasteiger partial charge in [-0.05, 0) is 48.9 Å². The first-order chi connectivity index (χ1) is 8.39. The smallest absolute Gasteiger partial charge is 0.248 e. The van der Waals surface area contributed by atoms with Crippen LogP contribution in [0.4, 0.5) is 13.2 Å². The fourth-order valence-electron chi connectivity index (χ4n) is 2.69. The van der Waals surface area contributed by atoms with Crippen LogP contribution >= 0.6 is 0 Å². The molecule has 0 heterocycles. The molecule has 0 amide bonds. The van der Waals surface area contributed by atoms with Crippen LogP contribution < -0.4 is 5.73 Å². The van der Waals surface area contributed by atoms with E-state index in [1.165, 1.54) is 12.1 Å². The molecule has 1 nitrogen and oxygen atoms in total. The highest BCUT2D eigenvalue weighted by Crippen LogP contribution is 2.40. The quantitative estimate of drug-likeness (QED) is 0.852. The number of aryl methyl sites for hydroxylation is 1. The van der Waals surface area contributed by atoms with Crippen molar-refractivity contribution in [3.8, 4) is 0 Å². The van der Waals surface area contributed by atoms with Crippen molar-refractivity contribution in [2.24, 2.45) is 11.7 Å². The lowest BCUT2D eigenvalue weighted by molar-refractivity contribution is -0.0483. The van der Waals surface area contributed by atoms with Gasteiger partial charge in [0.25, 0.3) is 0 Å². The predicted octanol–water partition coefficient (Wildman–Crippen LogP) is 3.96. The zero-order chi connectivity index (χ0) is 13.3. The van der Waals surface area contributed by atoms with Crippen LogP contribution in [0.5, 0.6) is 0 Å². The molecule has 100 valence electrons. The van der Waals surface area contributed by atoms with Crippen molar-refractivity contribution in [1.82, 2.24) is 0 Å². The van der Waals surface area contributed by atoms with Gasteiger partial charge < -0.3 is 5.73 Å². The Morgan fingerprint density at radius 1 is 1.28 bits per heavy atom. The van der Waals surface area contributed by atoms with Crippen molar-refractivity contribution in [2.45, 2.75) is 44.6 Å². The van der Waals surface area contributed by atoms with Gasteiger partial charge in [-0.2, -0.15) is 0 Å². The average Bonchev–Trinajstić information content (AvgIpc) is 2.28. The molecule has 1 unspecified atom stereocenters. The molecule has 0 radical (unpaired) electrons. The summed E-state index contributed by atoms with van der Waals surface area (Å²) in [6.07, 6.45) is 0.688. The van der Waals surface area contributed by atoms with Gasteiger partial charge in [0.05, 0.1) is 0 Å². The molecular weight excluding hydrogens is 239 g/mol. The molecule has 1 saturated carbocycles. The molecule has 1 aromatic carbocycles. The third-order valence-corrected chi connectivity index (χ3v) is 3.86. The number of alkyl halides is 2. The van der Waals surface area contributed by atoms with E-state index < -0.39 is 5.92 Å². The molecule has 4 heteroatoms. The molecule has 18 heavy (non-hydrogen) atoms. The summed E-state index contributed by atoms with van der Waals surface area (Å²) < 4.78 is 39.2. The molecule has 0 bridgehead atoms. The molecule has 1 atom stereocenters. The van der Waals surface area contributed by atoms with E-state index in [9.17, 15) is 13.2 Å². The van der Waals surface area contributed by atoms with E-state index in [-0.39, 0.29) is 30.6 Å². The van der Waals surface area contributed by atoms with E-state index in [1.807, 2.05) is 0 Å². The third kappa shape index (κ3) is 2.86. The van der Waals surface area contributed by atoms with Crippen molar-refractivity contribution in [3.63, 3.8) is 0 Å². The molecule has 1 aliphatic carbocycles. The Morgan fingerprint density at radius 2 is 1.89 bits per heavy atom. The highest BCUT2D eigenvalue weighted by atomic mass is 19.3. The summed E-state index contributed by atoms with van der Waals surface area (Å²) in [5.74, 6) is -2.76. The van der Waals surface area contributed by atoms with Crippen LogP contribution in [0, 0.1) is 18.7 Å². The number of halogens is 3. The number of hydrogen-bond acceptors (Lipinski definition) is 1. The van der Waals surface area contributed by atoms with Crippen molar-refractivity contribution < 1.29 is 13.2 Å². The standard InChI is InChI=1S/C14H18F3N/c1-9-8-11(15)2-3-12(9)13(18)10-4-6-14(16,17)7-5-10/h2-3,8,10,13H,4-7,18H2,1H3.